The molecule has 2 heterocycles. The molecule has 0 saturated heterocycles. The summed E-state index contributed by atoms with van der Waals surface area (Å²) in [5.41, 5.74) is 3.74. The minimum Gasteiger partial charge on any atom is -0.382 e. The third kappa shape index (κ3) is 3.89. The van der Waals surface area contributed by atoms with Crippen LogP contribution in [0.3, 0.4) is 0 Å². The van der Waals surface area contributed by atoms with Crippen LogP contribution in [-0.2, 0) is 16.2 Å². The van der Waals surface area contributed by atoms with Gasteiger partial charge in [-0.2, -0.15) is 0 Å². The highest BCUT2D eigenvalue weighted by Crippen LogP contribution is 2.31. The standard InChI is InChI=1S/C21H19N3O3/c25-21(22-14-17-11-12-26-23-17)19-13-18(24-27-19)20(15-7-3-1-4-8-15)16-9-5-2-6-10-16/h1-12,19-20H,13-14H2,(H,22,25)/t19-/m1/s1. The maximum Gasteiger partial charge on any atom is 0.264 e. The van der Waals surface area contributed by atoms with Crippen LogP contribution >= 0.6 is 0 Å². The number of rotatable bonds is 6. The van der Waals surface area contributed by atoms with E-state index in [0.29, 0.717) is 18.7 Å². The normalized spacial score (nSPS) is 16.0. The second-order valence-corrected chi connectivity index (χ2v) is 6.34. The lowest BCUT2D eigenvalue weighted by molar-refractivity contribution is -0.131. The molecule has 136 valence electrons. The summed E-state index contributed by atoms with van der Waals surface area (Å²) < 4.78 is 4.76. The van der Waals surface area contributed by atoms with Gasteiger partial charge < -0.3 is 14.7 Å². The molecule has 0 spiro atoms. The molecule has 1 aliphatic heterocycles. The molecule has 2 aromatic carbocycles. The molecular weight excluding hydrogens is 342 g/mol. The van der Waals surface area contributed by atoms with Crippen molar-refractivity contribution in [2.75, 3.05) is 0 Å². The highest BCUT2D eigenvalue weighted by Gasteiger charge is 2.33. The number of nitrogens with zero attached hydrogens (tertiary/aromatic N) is 2. The van der Waals surface area contributed by atoms with Crippen LogP contribution in [0.2, 0.25) is 0 Å². The first kappa shape index (κ1) is 17.0. The number of benzene rings is 2. The zero-order valence-corrected chi connectivity index (χ0v) is 14.6. The predicted molar refractivity (Wildman–Crippen MR) is 100 cm³/mol. The van der Waals surface area contributed by atoms with E-state index in [2.05, 4.69) is 39.9 Å². The molecule has 6 nitrogen and oxygen atoms in total. The smallest absolute Gasteiger partial charge is 0.264 e. The van der Waals surface area contributed by atoms with Crippen molar-refractivity contribution >= 4 is 11.6 Å². The van der Waals surface area contributed by atoms with E-state index in [-0.39, 0.29) is 11.8 Å². The minimum atomic E-state index is -0.637. The highest BCUT2D eigenvalue weighted by molar-refractivity contribution is 5.98. The third-order valence-corrected chi connectivity index (χ3v) is 4.52. The van der Waals surface area contributed by atoms with E-state index >= 15 is 0 Å². The third-order valence-electron chi connectivity index (χ3n) is 4.52. The van der Waals surface area contributed by atoms with E-state index < -0.39 is 6.10 Å². The fraction of sp³-hybridized carbons (Fsp3) is 0.190. The Labute approximate surface area is 156 Å². The molecule has 0 aliphatic carbocycles. The summed E-state index contributed by atoms with van der Waals surface area (Å²) in [6, 6.07) is 22.0. The molecule has 1 N–H and O–H groups in total. The minimum absolute atomic E-state index is 0.0410. The fourth-order valence-electron chi connectivity index (χ4n) is 3.20. The van der Waals surface area contributed by atoms with Crippen molar-refractivity contribution in [3.63, 3.8) is 0 Å². The molecule has 6 heteroatoms. The summed E-state index contributed by atoms with van der Waals surface area (Å²) >= 11 is 0. The van der Waals surface area contributed by atoms with Gasteiger partial charge in [-0.3, -0.25) is 4.79 Å². The van der Waals surface area contributed by atoms with Crippen molar-refractivity contribution in [3.8, 4) is 0 Å². The van der Waals surface area contributed by atoms with E-state index in [9.17, 15) is 4.79 Å². The van der Waals surface area contributed by atoms with Gasteiger partial charge in [0, 0.05) is 12.5 Å². The van der Waals surface area contributed by atoms with Crippen LogP contribution in [0.15, 0.2) is 82.7 Å². The lowest BCUT2D eigenvalue weighted by atomic mass is 9.85. The second kappa shape index (κ2) is 7.86. The van der Waals surface area contributed by atoms with Crippen LogP contribution in [0, 0.1) is 0 Å². The monoisotopic (exact) mass is 361 g/mol. The summed E-state index contributed by atoms with van der Waals surface area (Å²) in [5.74, 6) is -0.252. The summed E-state index contributed by atoms with van der Waals surface area (Å²) in [5, 5.41) is 10.8. The zero-order chi connectivity index (χ0) is 18.5. The number of hydrogen-bond acceptors (Lipinski definition) is 5. The van der Waals surface area contributed by atoms with Gasteiger partial charge in [-0.25, -0.2) is 0 Å². The topological polar surface area (TPSA) is 76.7 Å². The van der Waals surface area contributed by atoms with Crippen molar-refractivity contribution in [1.82, 2.24) is 10.5 Å². The van der Waals surface area contributed by atoms with Crippen molar-refractivity contribution in [1.29, 1.82) is 0 Å². The maximum absolute atomic E-state index is 12.4. The summed E-state index contributed by atoms with van der Waals surface area (Å²) in [7, 11) is 0. The van der Waals surface area contributed by atoms with Gasteiger partial charge in [-0.15, -0.1) is 0 Å². The molecular formula is C21H19N3O3. The summed E-state index contributed by atoms with van der Waals surface area (Å²) in [6.07, 6.45) is 1.28. The lowest BCUT2D eigenvalue weighted by Crippen LogP contribution is -2.34. The number of nitrogens with one attached hydrogen (secondary N) is 1. The van der Waals surface area contributed by atoms with E-state index in [1.807, 2.05) is 36.4 Å². The Balaban J connectivity index is 1.48. The zero-order valence-electron chi connectivity index (χ0n) is 14.6. The van der Waals surface area contributed by atoms with Crippen LogP contribution in [0.5, 0.6) is 0 Å². The number of hydrogen-bond donors (Lipinski definition) is 1. The molecule has 0 saturated carbocycles. The Morgan fingerprint density at radius 3 is 2.30 bits per heavy atom. The van der Waals surface area contributed by atoms with Gasteiger partial charge >= 0.3 is 0 Å². The fourth-order valence-corrected chi connectivity index (χ4v) is 3.20. The Hall–Kier alpha value is -3.41. The molecule has 27 heavy (non-hydrogen) atoms. The van der Waals surface area contributed by atoms with Crippen LogP contribution in [0.25, 0.3) is 0 Å². The Bertz CT molecular complexity index is 869. The number of carbonyl (C=O) groups is 1. The van der Waals surface area contributed by atoms with Crippen LogP contribution in [-0.4, -0.2) is 22.9 Å². The van der Waals surface area contributed by atoms with Gasteiger partial charge in [0.2, 0.25) is 6.10 Å². The van der Waals surface area contributed by atoms with Crippen LogP contribution in [0.1, 0.15) is 29.2 Å². The van der Waals surface area contributed by atoms with Crippen LogP contribution in [0.4, 0.5) is 0 Å². The second-order valence-electron chi connectivity index (χ2n) is 6.34. The summed E-state index contributed by atoms with van der Waals surface area (Å²) in [6.45, 7) is 0.297. The molecule has 1 atom stereocenters. The first-order valence-electron chi connectivity index (χ1n) is 8.80. The first-order chi connectivity index (χ1) is 13.3. The number of aromatic nitrogens is 1. The molecule has 4 rings (SSSR count). The molecule has 1 aliphatic rings. The maximum atomic E-state index is 12.4. The average Bonchev–Trinajstić information content (AvgIpc) is 3.41. The van der Waals surface area contributed by atoms with Crippen molar-refractivity contribution in [2.45, 2.75) is 25.0 Å². The molecule has 0 bridgehead atoms. The molecule has 1 amide bonds. The largest absolute Gasteiger partial charge is 0.382 e. The van der Waals surface area contributed by atoms with E-state index in [1.165, 1.54) is 6.26 Å². The van der Waals surface area contributed by atoms with Crippen molar-refractivity contribution in [3.05, 3.63) is 89.8 Å². The SMILES string of the molecule is O=C(NCc1ccon1)[C@H]1CC(C(c2ccccc2)c2ccccc2)=NO1. The van der Waals surface area contributed by atoms with E-state index in [0.717, 1.165) is 16.8 Å². The van der Waals surface area contributed by atoms with Gasteiger partial charge in [0.25, 0.3) is 5.91 Å². The van der Waals surface area contributed by atoms with Gasteiger partial charge in [0.05, 0.1) is 18.2 Å². The molecule has 0 unspecified atom stereocenters. The Morgan fingerprint density at radius 1 is 1.04 bits per heavy atom. The van der Waals surface area contributed by atoms with E-state index in [1.54, 1.807) is 6.07 Å². The number of oxime groups is 1. The van der Waals surface area contributed by atoms with Crippen LogP contribution < -0.4 is 5.32 Å². The van der Waals surface area contributed by atoms with Gasteiger partial charge in [-0.05, 0) is 11.1 Å². The quantitative estimate of drug-likeness (QED) is 0.731. The van der Waals surface area contributed by atoms with Gasteiger partial charge in [0.15, 0.2) is 0 Å². The lowest BCUT2D eigenvalue weighted by Gasteiger charge is -2.17. The van der Waals surface area contributed by atoms with Gasteiger partial charge in [-0.1, -0.05) is 71.0 Å². The average molecular weight is 361 g/mol. The van der Waals surface area contributed by atoms with Crippen molar-refractivity contribution in [2.24, 2.45) is 5.16 Å². The van der Waals surface area contributed by atoms with E-state index in [4.69, 9.17) is 9.36 Å². The Kier molecular flexibility index (Phi) is 4.96. The Morgan fingerprint density at radius 2 is 1.70 bits per heavy atom. The van der Waals surface area contributed by atoms with Crippen molar-refractivity contribution < 1.29 is 14.2 Å². The number of carbonyl (C=O) groups excluding carboxylic acids is 1. The summed E-state index contributed by atoms with van der Waals surface area (Å²) in [4.78, 5) is 17.9. The van der Waals surface area contributed by atoms with Gasteiger partial charge in [0.1, 0.15) is 12.0 Å². The molecule has 1 aromatic heterocycles. The number of amides is 1. The molecule has 0 radical (unpaired) electrons. The molecule has 0 fully saturated rings. The molecule has 3 aromatic rings. The predicted octanol–water partition coefficient (Wildman–Crippen LogP) is 3.27. The highest BCUT2D eigenvalue weighted by atomic mass is 16.6. The first-order valence-corrected chi connectivity index (χ1v) is 8.80.